The predicted molar refractivity (Wildman–Crippen MR) is 130 cm³/mol. The first kappa shape index (κ1) is 24.2. The van der Waals surface area contributed by atoms with Crippen LogP contribution in [0.5, 0.6) is 17.2 Å². The van der Waals surface area contributed by atoms with E-state index < -0.39 is 6.10 Å². The van der Waals surface area contributed by atoms with Crippen molar-refractivity contribution in [2.24, 2.45) is 0 Å². The van der Waals surface area contributed by atoms with Crippen molar-refractivity contribution in [3.05, 3.63) is 48.0 Å². The molecule has 33 heavy (non-hydrogen) atoms. The van der Waals surface area contributed by atoms with Gasteiger partial charge >= 0.3 is 0 Å². The van der Waals surface area contributed by atoms with E-state index in [1.54, 1.807) is 43.2 Å². The fraction of sp³-hybridized carbons (Fsp3) is 0.385. The number of unbranched alkanes of at least 4 members (excludes halogenated alkanes) is 2. The van der Waals surface area contributed by atoms with Gasteiger partial charge in [-0.1, -0.05) is 25.8 Å². The van der Waals surface area contributed by atoms with Crippen LogP contribution in [-0.4, -0.2) is 38.2 Å². The Morgan fingerprint density at radius 3 is 2.70 bits per heavy atom. The lowest BCUT2D eigenvalue weighted by Gasteiger charge is -2.33. The quantitative estimate of drug-likeness (QED) is 0.403. The first-order chi connectivity index (χ1) is 16.0. The smallest absolute Gasteiger partial charge is 0.267 e. The molecule has 176 valence electrons. The van der Waals surface area contributed by atoms with Crippen molar-refractivity contribution in [1.82, 2.24) is 0 Å². The Labute approximate surface area is 195 Å². The van der Waals surface area contributed by atoms with E-state index in [9.17, 15) is 9.59 Å². The van der Waals surface area contributed by atoms with Crippen LogP contribution >= 0.6 is 0 Å². The van der Waals surface area contributed by atoms with Crippen LogP contribution in [0.15, 0.2) is 42.5 Å². The van der Waals surface area contributed by atoms with Crippen LogP contribution in [0.4, 0.5) is 11.4 Å². The van der Waals surface area contributed by atoms with E-state index in [4.69, 9.17) is 14.2 Å². The molecule has 1 heterocycles. The van der Waals surface area contributed by atoms with Gasteiger partial charge in [-0.05, 0) is 62.2 Å². The first-order valence-electron chi connectivity index (χ1n) is 11.4. The largest absolute Gasteiger partial charge is 0.493 e. The summed E-state index contributed by atoms with van der Waals surface area (Å²) in [6, 6.07) is 10.8. The summed E-state index contributed by atoms with van der Waals surface area (Å²) in [7, 11) is 1.58. The van der Waals surface area contributed by atoms with E-state index in [0.29, 0.717) is 41.8 Å². The molecule has 1 aliphatic heterocycles. The van der Waals surface area contributed by atoms with Gasteiger partial charge < -0.3 is 24.4 Å². The molecular weight excluding hydrogens is 420 g/mol. The van der Waals surface area contributed by atoms with Gasteiger partial charge in [0.2, 0.25) is 5.91 Å². The monoisotopic (exact) mass is 452 g/mol. The Balaban J connectivity index is 1.72. The van der Waals surface area contributed by atoms with Crippen molar-refractivity contribution in [3.63, 3.8) is 0 Å². The van der Waals surface area contributed by atoms with Gasteiger partial charge in [-0.3, -0.25) is 9.59 Å². The maximum absolute atomic E-state index is 12.7. The maximum atomic E-state index is 12.7. The van der Waals surface area contributed by atoms with Crippen LogP contribution in [0.1, 0.15) is 45.6 Å². The Morgan fingerprint density at radius 1 is 1.15 bits per heavy atom. The van der Waals surface area contributed by atoms with Gasteiger partial charge in [0.1, 0.15) is 5.75 Å². The topological polar surface area (TPSA) is 77.1 Å². The minimum Gasteiger partial charge on any atom is -0.493 e. The van der Waals surface area contributed by atoms with Crippen molar-refractivity contribution in [1.29, 1.82) is 0 Å². The van der Waals surface area contributed by atoms with Crippen LogP contribution in [0.25, 0.3) is 6.08 Å². The first-order valence-corrected chi connectivity index (χ1v) is 11.4. The molecule has 2 aromatic rings. The third kappa shape index (κ3) is 6.06. The second kappa shape index (κ2) is 11.4. The number of anilines is 2. The third-order valence-corrected chi connectivity index (χ3v) is 5.33. The zero-order valence-corrected chi connectivity index (χ0v) is 19.7. The molecule has 1 atom stereocenters. The second-order valence-electron chi connectivity index (χ2n) is 7.81. The van der Waals surface area contributed by atoms with Crippen molar-refractivity contribution >= 4 is 29.3 Å². The summed E-state index contributed by atoms with van der Waals surface area (Å²) in [5.74, 6) is 1.57. The van der Waals surface area contributed by atoms with Crippen LogP contribution in [0.2, 0.25) is 0 Å². The Hall–Kier alpha value is -3.48. The summed E-state index contributed by atoms with van der Waals surface area (Å²) < 4.78 is 16.6. The molecule has 1 aliphatic rings. The normalized spacial score (nSPS) is 15.2. The van der Waals surface area contributed by atoms with Crippen molar-refractivity contribution in [2.45, 2.75) is 46.1 Å². The van der Waals surface area contributed by atoms with Crippen molar-refractivity contribution < 1.29 is 23.8 Å². The highest BCUT2D eigenvalue weighted by Gasteiger charge is 2.31. The van der Waals surface area contributed by atoms with Gasteiger partial charge in [0, 0.05) is 18.3 Å². The average Bonchev–Trinajstić information content (AvgIpc) is 2.81. The highest BCUT2D eigenvalue weighted by molar-refractivity contribution is 6.04. The molecule has 0 spiro atoms. The maximum Gasteiger partial charge on any atom is 0.267 e. The molecule has 1 N–H and O–H groups in total. The van der Waals surface area contributed by atoms with Gasteiger partial charge in [-0.25, -0.2) is 0 Å². The lowest BCUT2D eigenvalue weighted by atomic mass is 10.1. The number of carbonyl (C=O) groups is 2. The summed E-state index contributed by atoms with van der Waals surface area (Å²) in [4.78, 5) is 27.0. The number of ether oxygens (including phenoxy) is 3. The molecule has 2 amide bonds. The number of hydrogen-bond acceptors (Lipinski definition) is 5. The number of amides is 2. The standard InChI is InChI=1S/C26H32N2O5/c1-5-7-8-15-28-21-17-20(11-13-22(21)33-18(3)26(28)30)27-25(29)14-10-19-9-12-23(32-6-2)24(16-19)31-4/h9-14,16-18H,5-8,15H2,1-4H3,(H,27,29)/b14-10+. The molecule has 3 rings (SSSR count). The van der Waals surface area contributed by atoms with Crippen LogP contribution in [0.3, 0.4) is 0 Å². The minimum absolute atomic E-state index is 0.0635. The Morgan fingerprint density at radius 2 is 1.97 bits per heavy atom. The number of nitrogens with zero attached hydrogens (tertiary/aromatic N) is 1. The number of rotatable bonds is 10. The van der Waals surface area contributed by atoms with E-state index in [2.05, 4.69) is 12.2 Å². The number of methoxy groups -OCH3 is 1. The average molecular weight is 453 g/mol. The predicted octanol–water partition coefficient (Wildman–Crippen LogP) is 5.05. The van der Waals surface area contributed by atoms with E-state index >= 15 is 0 Å². The van der Waals surface area contributed by atoms with Gasteiger partial charge in [-0.15, -0.1) is 0 Å². The molecule has 0 bridgehead atoms. The zero-order chi connectivity index (χ0) is 23.8. The summed E-state index contributed by atoms with van der Waals surface area (Å²) in [6.45, 7) is 6.96. The van der Waals surface area contributed by atoms with Gasteiger partial charge in [0.15, 0.2) is 17.6 Å². The number of fused-ring (bicyclic) bond motifs is 1. The molecule has 0 aromatic heterocycles. The molecule has 0 radical (unpaired) electrons. The summed E-state index contributed by atoms with van der Waals surface area (Å²) in [5.41, 5.74) is 2.09. The summed E-state index contributed by atoms with van der Waals surface area (Å²) in [6.07, 6.45) is 5.68. The molecule has 0 fully saturated rings. The van der Waals surface area contributed by atoms with Crippen molar-refractivity contribution in [2.75, 3.05) is 30.5 Å². The van der Waals surface area contributed by atoms with E-state index in [1.807, 2.05) is 25.1 Å². The number of carbonyl (C=O) groups excluding carboxylic acids is 2. The Bertz CT molecular complexity index is 1020. The van der Waals surface area contributed by atoms with Crippen LogP contribution in [0, 0.1) is 0 Å². The lowest BCUT2D eigenvalue weighted by molar-refractivity contribution is -0.125. The van der Waals surface area contributed by atoms with Crippen molar-refractivity contribution in [3.8, 4) is 17.2 Å². The van der Waals surface area contributed by atoms with Gasteiger partial charge in [0.25, 0.3) is 5.91 Å². The number of nitrogens with one attached hydrogen (secondary N) is 1. The second-order valence-corrected chi connectivity index (χ2v) is 7.81. The lowest BCUT2D eigenvalue weighted by Crippen LogP contribution is -2.44. The van der Waals surface area contributed by atoms with Gasteiger partial charge in [-0.2, -0.15) is 0 Å². The number of hydrogen-bond donors (Lipinski definition) is 1. The molecular formula is C26H32N2O5. The molecule has 0 saturated heterocycles. The molecule has 0 saturated carbocycles. The van der Waals surface area contributed by atoms with Crippen LogP contribution in [-0.2, 0) is 9.59 Å². The molecule has 0 aliphatic carbocycles. The summed E-state index contributed by atoms with van der Waals surface area (Å²) >= 11 is 0. The van der Waals surface area contributed by atoms with E-state index in [0.717, 1.165) is 24.8 Å². The van der Waals surface area contributed by atoms with E-state index in [-0.39, 0.29) is 11.8 Å². The SMILES string of the molecule is CCCCCN1C(=O)C(C)Oc2ccc(NC(=O)/C=C/c3ccc(OCC)c(OC)c3)cc21. The Kier molecular flexibility index (Phi) is 8.35. The molecule has 7 heteroatoms. The highest BCUT2D eigenvalue weighted by atomic mass is 16.5. The van der Waals surface area contributed by atoms with E-state index in [1.165, 1.54) is 6.08 Å². The van der Waals surface area contributed by atoms with Gasteiger partial charge in [0.05, 0.1) is 19.4 Å². The fourth-order valence-corrected chi connectivity index (χ4v) is 3.65. The third-order valence-electron chi connectivity index (χ3n) is 5.33. The molecule has 2 aromatic carbocycles. The fourth-order valence-electron chi connectivity index (χ4n) is 3.65. The van der Waals surface area contributed by atoms with Crippen LogP contribution < -0.4 is 24.4 Å². The summed E-state index contributed by atoms with van der Waals surface area (Å²) in [5, 5.41) is 2.86. The number of benzene rings is 2. The zero-order valence-electron chi connectivity index (χ0n) is 19.7. The minimum atomic E-state index is -0.520. The molecule has 7 nitrogen and oxygen atoms in total. The molecule has 1 unspecified atom stereocenters. The highest BCUT2D eigenvalue weighted by Crippen LogP contribution is 2.36.